The van der Waals surface area contributed by atoms with Gasteiger partial charge in [-0.25, -0.2) is 4.39 Å². The van der Waals surface area contributed by atoms with Gasteiger partial charge in [-0.05, 0) is 38.0 Å². The van der Waals surface area contributed by atoms with Crippen LogP contribution in [0.2, 0.25) is 0 Å². The molecule has 0 fully saturated rings. The Morgan fingerprint density at radius 1 is 1.47 bits per heavy atom. The van der Waals surface area contributed by atoms with Gasteiger partial charge in [0.15, 0.2) is 17.3 Å². The highest BCUT2D eigenvalue weighted by Crippen LogP contribution is 2.32. The number of halogens is 1. The number of carboxylic acids is 1. The van der Waals surface area contributed by atoms with Crippen LogP contribution in [0, 0.1) is 11.2 Å². The van der Waals surface area contributed by atoms with Gasteiger partial charge in [-0.2, -0.15) is 0 Å². The zero-order chi connectivity index (χ0) is 13.2. The second kappa shape index (κ2) is 4.61. The van der Waals surface area contributed by atoms with Crippen LogP contribution >= 0.6 is 0 Å². The highest BCUT2D eigenvalue weighted by molar-refractivity contribution is 5.74. The third-order valence-electron chi connectivity index (χ3n) is 2.51. The minimum Gasteiger partial charge on any atom is -0.504 e. The molecule has 0 aliphatic heterocycles. The van der Waals surface area contributed by atoms with Gasteiger partial charge < -0.3 is 14.9 Å². The van der Waals surface area contributed by atoms with Crippen molar-refractivity contribution in [3.63, 3.8) is 0 Å². The average Bonchev–Trinajstić information content (AvgIpc) is 2.15. The molecule has 2 N–H and O–H groups in total. The fourth-order valence-corrected chi connectivity index (χ4v) is 1.52. The summed E-state index contributed by atoms with van der Waals surface area (Å²) in [4.78, 5) is 10.9. The fourth-order valence-electron chi connectivity index (χ4n) is 1.52. The number of carboxylic acid groups (broad SMARTS) is 1. The zero-order valence-electron chi connectivity index (χ0n) is 9.95. The van der Waals surface area contributed by atoms with E-state index >= 15 is 0 Å². The van der Waals surface area contributed by atoms with Crippen LogP contribution in [0.4, 0.5) is 4.39 Å². The first-order valence-corrected chi connectivity index (χ1v) is 5.06. The number of phenolic OH excluding ortho intramolecular Hbond substituents is 1. The summed E-state index contributed by atoms with van der Waals surface area (Å²) >= 11 is 0. The number of benzene rings is 1. The van der Waals surface area contributed by atoms with Crippen LogP contribution in [0.1, 0.15) is 19.4 Å². The summed E-state index contributed by atoms with van der Waals surface area (Å²) < 4.78 is 18.1. The first-order chi connectivity index (χ1) is 7.77. The lowest BCUT2D eigenvalue weighted by molar-refractivity contribution is -0.146. The van der Waals surface area contributed by atoms with Gasteiger partial charge in [0, 0.05) is 0 Å². The summed E-state index contributed by atoms with van der Waals surface area (Å²) in [7, 11) is 1.25. The molecule has 0 atom stereocenters. The largest absolute Gasteiger partial charge is 0.504 e. The molecule has 1 rings (SSSR count). The minimum atomic E-state index is -1.02. The molecule has 0 aliphatic rings. The van der Waals surface area contributed by atoms with Gasteiger partial charge in [0.25, 0.3) is 0 Å². The van der Waals surface area contributed by atoms with Gasteiger partial charge in [0.2, 0.25) is 0 Å². The van der Waals surface area contributed by atoms with Crippen molar-refractivity contribution >= 4 is 5.97 Å². The van der Waals surface area contributed by atoms with Crippen molar-refractivity contribution in [1.82, 2.24) is 0 Å². The van der Waals surface area contributed by atoms with Crippen molar-refractivity contribution in [2.75, 3.05) is 7.11 Å². The van der Waals surface area contributed by atoms with Crippen molar-refractivity contribution in [3.8, 4) is 11.5 Å². The van der Waals surface area contributed by atoms with E-state index in [4.69, 9.17) is 5.11 Å². The van der Waals surface area contributed by atoms with E-state index in [1.165, 1.54) is 33.1 Å². The number of hydrogen-bond donors (Lipinski definition) is 2. The molecule has 0 heterocycles. The number of phenols is 1. The maximum Gasteiger partial charge on any atom is 0.309 e. The molecular weight excluding hydrogens is 227 g/mol. The van der Waals surface area contributed by atoms with Crippen LogP contribution < -0.4 is 4.74 Å². The molecule has 0 bridgehead atoms. The lowest BCUT2D eigenvalue weighted by Crippen LogP contribution is -2.26. The third kappa shape index (κ3) is 2.87. The molecule has 1 aromatic rings. The summed E-state index contributed by atoms with van der Waals surface area (Å²) in [6.45, 7) is 3.07. The summed E-state index contributed by atoms with van der Waals surface area (Å²) in [6.07, 6.45) is 0.122. The lowest BCUT2D eigenvalue weighted by atomic mass is 9.86. The highest BCUT2D eigenvalue weighted by Gasteiger charge is 2.28. The summed E-state index contributed by atoms with van der Waals surface area (Å²) in [5.41, 5.74) is -0.610. The van der Waals surface area contributed by atoms with Gasteiger partial charge in [-0.1, -0.05) is 0 Å². The maximum absolute atomic E-state index is 13.5. The number of aliphatic carboxylic acids is 1. The average molecular weight is 242 g/mol. The maximum atomic E-state index is 13.5. The Kier molecular flexibility index (Phi) is 3.60. The van der Waals surface area contributed by atoms with E-state index in [2.05, 4.69) is 4.74 Å². The van der Waals surface area contributed by atoms with E-state index in [-0.39, 0.29) is 17.9 Å². The van der Waals surface area contributed by atoms with Crippen molar-refractivity contribution in [3.05, 3.63) is 23.5 Å². The van der Waals surface area contributed by atoms with E-state index in [0.29, 0.717) is 5.56 Å². The molecule has 0 unspecified atom stereocenters. The van der Waals surface area contributed by atoms with E-state index in [9.17, 15) is 14.3 Å². The zero-order valence-corrected chi connectivity index (χ0v) is 9.95. The molecular formula is C12H15FO4. The lowest BCUT2D eigenvalue weighted by Gasteiger charge is -2.19. The quantitative estimate of drug-likeness (QED) is 0.849. The van der Waals surface area contributed by atoms with Crippen LogP contribution in [0.3, 0.4) is 0 Å². The Bertz CT molecular complexity index is 417. The normalized spacial score (nSPS) is 11.3. The number of methoxy groups -OCH3 is 1. The molecule has 0 radical (unpaired) electrons. The fraction of sp³-hybridized carbons (Fsp3) is 0.417. The Balaban J connectivity index is 3.06. The predicted octanol–water partition coefficient (Wildman–Crippen LogP) is 2.19. The number of ether oxygens (including phenoxy) is 1. The molecule has 0 amide bonds. The smallest absolute Gasteiger partial charge is 0.309 e. The van der Waals surface area contributed by atoms with Gasteiger partial charge in [-0.15, -0.1) is 0 Å². The predicted molar refractivity (Wildman–Crippen MR) is 59.7 cm³/mol. The monoisotopic (exact) mass is 242 g/mol. The standard InChI is InChI=1S/C12H15FO4/c1-12(2,11(15)16)6-7-4-8(13)10(17-3)9(14)5-7/h4-5,14H,6H2,1-3H3,(H,15,16). The highest BCUT2D eigenvalue weighted by atomic mass is 19.1. The Morgan fingerprint density at radius 2 is 2.06 bits per heavy atom. The molecule has 0 saturated carbocycles. The number of hydrogen-bond acceptors (Lipinski definition) is 3. The van der Waals surface area contributed by atoms with Gasteiger partial charge in [0.05, 0.1) is 12.5 Å². The molecule has 0 aliphatic carbocycles. The van der Waals surface area contributed by atoms with Crippen molar-refractivity contribution in [2.45, 2.75) is 20.3 Å². The first-order valence-electron chi connectivity index (χ1n) is 5.06. The third-order valence-corrected chi connectivity index (χ3v) is 2.51. The number of carbonyl (C=O) groups is 1. The Labute approximate surface area is 98.7 Å². The Morgan fingerprint density at radius 3 is 2.47 bits per heavy atom. The summed E-state index contributed by atoms with van der Waals surface area (Å²) in [6, 6.07) is 2.48. The first kappa shape index (κ1) is 13.3. The molecule has 1 aromatic carbocycles. The van der Waals surface area contributed by atoms with E-state index < -0.39 is 17.2 Å². The molecule has 0 saturated heterocycles. The van der Waals surface area contributed by atoms with E-state index in [0.717, 1.165) is 0 Å². The van der Waals surface area contributed by atoms with Gasteiger partial charge >= 0.3 is 5.97 Å². The van der Waals surface area contributed by atoms with Gasteiger partial charge in [0.1, 0.15) is 0 Å². The van der Waals surface area contributed by atoms with Crippen LogP contribution in [-0.2, 0) is 11.2 Å². The second-order valence-corrected chi connectivity index (χ2v) is 4.50. The molecule has 0 spiro atoms. The second-order valence-electron chi connectivity index (χ2n) is 4.50. The summed E-state index contributed by atoms with van der Waals surface area (Å²) in [5.74, 6) is -2.25. The van der Waals surface area contributed by atoms with Crippen LogP contribution in [0.5, 0.6) is 11.5 Å². The number of aromatic hydroxyl groups is 1. The number of rotatable bonds is 4. The Hall–Kier alpha value is -1.78. The van der Waals surface area contributed by atoms with Crippen molar-refractivity contribution in [2.24, 2.45) is 5.41 Å². The molecule has 0 aromatic heterocycles. The molecule has 4 nitrogen and oxygen atoms in total. The molecule has 17 heavy (non-hydrogen) atoms. The molecule has 5 heteroatoms. The van der Waals surface area contributed by atoms with E-state index in [1.807, 2.05) is 0 Å². The minimum absolute atomic E-state index is 0.122. The van der Waals surface area contributed by atoms with Crippen molar-refractivity contribution < 1.29 is 24.1 Å². The van der Waals surface area contributed by atoms with Crippen LogP contribution in [-0.4, -0.2) is 23.3 Å². The summed E-state index contributed by atoms with van der Waals surface area (Å²) in [5, 5.41) is 18.5. The van der Waals surface area contributed by atoms with Crippen LogP contribution in [0.15, 0.2) is 12.1 Å². The van der Waals surface area contributed by atoms with Gasteiger partial charge in [-0.3, -0.25) is 4.79 Å². The topological polar surface area (TPSA) is 66.8 Å². The molecule has 94 valence electrons. The SMILES string of the molecule is COc1c(O)cc(CC(C)(C)C(=O)O)cc1F. The van der Waals surface area contributed by atoms with Crippen molar-refractivity contribution in [1.29, 1.82) is 0 Å². The van der Waals surface area contributed by atoms with Crippen LogP contribution in [0.25, 0.3) is 0 Å². The van der Waals surface area contributed by atoms with E-state index in [1.54, 1.807) is 0 Å².